The molecule has 0 bridgehead atoms. The van der Waals surface area contributed by atoms with Crippen LogP contribution in [0.1, 0.15) is 24.2 Å². The van der Waals surface area contributed by atoms with Crippen LogP contribution < -0.4 is 5.32 Å². The lowest BCUT2D eigenvalue weighted by molar-refractivity contribution is 0.538. The fourth-order valence-corrected chi connectivity index (χ4v) is 2.80. The van der Waals surface area contributed by atoms with E-state index in [2.05, 4.69) is 33.3 Å². The fraction of sp³-hybridized carbons (Fsp3) is 0.357. The van der Waals surface area contributed by atoms with Crippen molar-refractivity contribution in [2.24, 2.45) is 7.05 Å². The number of hydrogen-bond acceptors (Lipinski definition) is 2. The first-order chi connectivity index (χ1) is 9.10. The van der Waals surface area contributed by atoms with Crippen molar-refractivity contribution in [3.8, 4) is 0 Å². The van der Waals surface area contributed by atoms with Crippen molar-refractivity contribution >= 4 is 27.5 Å². The summed E-state index contributed by atoms with van der Waals surface area (Å²) in [5, 5.41) is 8.68. The molecule has 19 heavy (non-hydrogen) atoms. The zero-order valence-electron chi connectivity index (χ0n) is 11.0. The highest BCUT2D eigenvalue weighted by Gasteiger charge is 2.16. The predicted molar refractivity (Wildman–Crippen MR) is 82.5 cm³/mol. The van der Waals surface area contributed by atoms with Gasteiger partial charge in [0.05, 0.1) is 5.69 Å². The van der Waals surface area contributed by atoms with Gasteiger partial charge in [0, 0.05) is 35.2 Å². The van der Waals surface area contributed by atoms with E-state index < -0.39 is 0 Å². The molecule has 1 atom stereocenters. The van der Waals surface area contributed by atoms with Crippen LogP contribution in [0.3, 0.4) is 0 Å². The molecule has 0 amide bonds. The Kier molecular flexibility index (Phi) is 5.02. The highest BCUT2D eigenvalue weighted by atomic mass is 79.9. The number of likely N-dealkylation sites (N-methyl/N-ethyl adjacent to an activating group) is 1. The lowest BCUT2D eigenvalue weighted by Crippen LogP contribution is -2.23. The summed E-state index contributed by atoms with van der Waals surface area (Å²) in [6.45, 7) is 3.00. The summed E-state index contributed by atoms with van der Waals surface area (Å²) in [5.74, 6) is 0. The molecule has 1 aromatic heterocycles. The van der Waals surface area contributed by atoms with Gasteiger partial charge in [0.15, 0.2) is 0 Å². The van der Waals surface area contributed by atoms with Crippen molar-refractivity contribution in [1.29, 1.82) is 0 Å². The third-order valence-electron chi connectivity index (χ3n) is 2.97. The molecule has 0 saturated heterocycles. The van der Waals surface area contributed by atoms with E-state index in [9.17, 15) is 0 Å². The van der Waals surface area contributed by atoms with Crippen molar-refractivity contribution < 1.29 is 0 Å². The van der Waals surface area contributed by atoms with Crippen LogP contribution in [-0.2, 0) is 13.5 Å². The predicted octanol–water partition coefficient (Wildman–Crippen LogP) is 3.73. The van der Waals surface area contributed by atoms with E-state index in [0.717, 1.165) is 28.2 Å². The molecule has 5 heteroatoms. The Morgan fingerprint density at radius 3 is 2.84 bits per heavy atom. The Labute approximate surface area is 127 Å². The summed E-state index contributed by atoms with van der Waals surface area (Å²) >= 11 is 9.70. The SMILES string of the molecule is CCNC(Cc1ccn(C)n1)c1cc(Cl)ccc1Br. The summed E-state index contributed by atoms with van der Waals surface area (Å²) in [6, 6.07) is 8.12. The maximum absolute atomic E-state index is 6.10. The maximum Gasteiger partial charge on any atom is 0.0643 e. The van der Waals surface area contributed by atoms with Crippen molar-refractivity contribution in [2.75, 3.05) is 6.54 Å². The zero-order valence-corrected chi connectivity index (χ0v) is 13.4. The molecule has 1 unspecified atom stereocenters. The molecule has 2 aromatic rings. The zero-order chi connectivity index (χ0) is 13.8. The van der Waals surface area contributed by atoms with Crippen molar-refractivity contribution in [1.82, 2.24) is 15.1 Å². The van der Waals surface area contributed by atoms with Gasteiger partial charge < -0.3 is 5.32 Å². The van der Waals surface area contributed by atoms with Crippen LogP contribution >= 0.6 is 27.5 Å². The van der Waals surface area contributed by atoms with Gasteiger partial charge in [-0.3, -0.25) is 4.68 Å². The Morgan fingerprint density at radius 2 is 2.21 bits per heavy atom. The standard InChI is InChI=1S/C14H17BrClN3/c1-3-17-14(9-11-6-7-19(2)18-11)12-8-10(16)4-5-13(12)15/h4-8,14,17H,3,9H2,1-2H3. The van der Waals surface area contributed by atoms with Gasteiger partial charge in [0.25, 0.3) is 0 Å². The molecule has 1 aromatic carbocycles. The first kappa shape index (κ1) is 14.6. The van der Waals surface area contributed by atoms with Gasteiger partial charge in [-0.15, -0.1) is 0 Å². The van der Waals surface area contributed by atoms with Gasteiger partial charge in [0.2, 0.25) is 0 Å². The van der Waals surface area contributed by atoms with Crippen LogP contribution in [0.5, 0.6) is 0 Å². The van der Waals surface area contributed by atoms with E-state index in [0.29, 0.717) is 0 Å². The normalized spacial score (nSPS) is 12.6. The lowest BCUT2D eigenvalue weighted by atomic mass is 10.0. The van der Waals surface area contributed by atoms with Gasteiger partial charge in [-0.2, -0.15) is 5.10 Å². The summed E-state index contributed by atoms with van der Waals surface area (Å²) in [5.41, 5.74) is 2.24. The van der Waals surface area contributed by atoms with Gasteiger partial charge in [-0.1, -0.05) is 34.5 Å². The first-order valence-corrected chi connectivity index (χ1v) is 7.44. The molecule has 0 radical (unpaired) electrons. The Balaban J connectivity index is 2.26. The second-order valence-electron chi connectivity index (χ2n) is 4.46. The summed E-state index contributed by atoms with van der Waals surface area (Å²) < 4.78 is 2.89. The summed E-state index contributed by atoms with van der Waals surface area (Å²) in [6.07, 6.45) is 2.80. The molecule has 0 aliphatic heterocycles. The second-order valence-corrected chi connectivity index (χ2v) is 5.75. The van der Waals surface area contributed by atoms with Crippen LogP contribution in [0.15, 0.2) is 34.9 Å². The Morgan fingerprint density at radius 1 is 1.42 bits per heavy atom. The van der Waals surface area contributed by atoms with E-state index in [4.69, 9.17) is 11.6 Å². The number of nitrogens with one attached hydrogen (secondary N) is 1. The molecule has 2 rings (SSSR count). The van der Waals surface area contributed by atoms with Crippen LogP contribution in [0.2, 0.25) is 5.02 Å². The number of aryl methyl sites for hydroxylation is 1. The van der Waals surface area contributed by atoms with Crippen LogP contribution in [0, 0.1) is 0 Å². The molecule has 0 aliphatic rings. The van der Waals surface area contributed by atoms with Crippen LogP contribution in [0.25, 0.3) is 0 Å². The highest BCUT2D eigenvalue weighted by Crippen LogP contribution is 2.28. The molecule has 102 valence electrons. The van der Waals surface area contributed by atoms with Crippen molar-refractivity contribution in [3.63, 3.8) is 0 Å². The minimum atomic E-state index is 0.202. The summed E-state index contributed by atoms with van der Waals surface area (Å²) in [4.78, 5) is 0. The minimum absolute atomic E-state index is 0.202. The number of halogens is 2. The van der Waals surface area contributed by atoms with E-state index in [-0.39, 0.29) is 6.04 Å². The number of hydrogen-bond donors (Lipinski definition) is 1. The molecule has 0 fully saturated rings. The minimum Gasteiger partial charge on any atom is -0.310 e. The van der Waals surface area contributed by atoms with E-state index in [1.807, 2.05) is 42.2 Å². The molecule has 1 N–H and O–H groups in total. The van der Waals surface area contributed by atoms with Gasteiger partial charge in [-0.05, 0) is 36.4 Å². The fourth-order valence-electron chi connectivity index (χ4n) is 2.10. The topological polar surface area (TPSA) is 29.9 Å². The van der Waals surface area contributed by atoms with Gasteiger partial charge >= 0.3 is 0 Å². The molecule has 1 heterocycles. The largest absolute Gasteiger partial charge is 0.310 e. The van der Waals surface area contributed by atoms with E-state index in [1.54, 1.807) is 0 Å². The van der Waals surface area contributed by atoms with Gasteiger partial charge in [0.1, 0.15) is 0 Å². The number of benzene rings is 1. The molecule has 0 saturated carbocycles. The lowest BCUT2D eigenvalue weighted by Gasteiger charge is -2.19. The molecular weight excluding hydrogens is 326 g/mol. The van der Waals surface area contributed by atoms with Crippen molar-refractivity contribution in [2.45, 2.75) is 19.4 Å². The Bertz CT molecular complexity index is 553. The third-order valence-corrected chi connectivity index (χ3v) is 3.92. The smallest absolute Gasteiger partial charge is 0.0643 e. The quantitative estimate of drug-likeness (QED) is 0.897. The number of nitrogens with zero attached hydrogens (tertiary/aromatic N) is 2. The molecule has 0 spiro atoms. The monoisotopic (exact) mass is 341 g/mol. The Hall–Kier alpha value is -0.840. The van der Waals surface area contributed by atoms with Gasteiger partial charge in [-0.25, -0.2) is 0 Å². The highest BCUT2D eigenvalue weighted by molar-refractivity contribution is 9.10. The first-order valence-electron chi connectivity index (χ1n) is 6.27. The molecular formula is C14H17BrClN3. The average molecular weight is 343 g/mol. The second kappa shape index (κ2) is 6.55. The van der Waals surface area contributed by atoms with E-state index >= 15 is 0 Å². The van der Waals surface area contributed by atoms with E-state index in [1.165, 1.54) is 5.56 Å². The molecule has 3 nitrogen and oxygen atoms in total. The number of rotatable bonds is 5. The third kappa shape index (κ3) is 3.81. The van der Waals surface area contributed by atoms with Crippen LogP contribution in [0.4, 0.5) is 0 Å². The van der Waals surface area contributed by atoms with Crippen molar-refractivity contribution in [3.05, 3.63) is 51.2 Å². The molecule has 0 aliphatic carbocycles. The van der Waals surface area contributed by atoms with Crippen LogP contribution in [-0.4, -0.2) is 16.3 Å². The average Bonchev–Trinajstić information content (AvgIpc) is 2.77. The summed E-state index contributed by atoms with van der Waals surface area (Å²) in [7, 11) is 1.93. The number of aromatic nitrogens is 2. The maximum atomic E-state index is 6.10.